The number of hydrogen-bond donors (Lipinski definition) is 1. The monoisotopic (exact) mass is 198 g/mol. The highest BCUT2D eigenvalue weighted by molar-refractivity contribution is 9.09. The third-order valence-electron chi connectivity index (χ3n) is 1.14. The van der Waals surface area contributed by atoms with Crippen LogP contribution in [0.1, 0.15) is 26.2 Å². The molecule has 0 bridgehead atoms. The third-order valence-corrected chi connectivity index (χ3v) is 1.75. The summed E-state index contributed by atoms with van der Waals surface area (Å²) in [6, 6.07) is 0. The van der Waals surface area contributed by atoms with Gasteiger partial charge in [0.1, 0.15) is 0 Å². The molecule has 2 atom stereocenters. The van der Waals surface area contributed by atoms with Crippen LogP contribution >= 0.6 is 15.9 Å². The zero-order chi connectivity index (χ0) is 7.28. The van der Waals surface area contributed by atoms with Gasteiger partial charge in [-0.3, -0.25) is 0 Å². The summed E-state index contributed by atoms with van der Waals surface area (Å²) in [4.78, 5) is 0. The minimum absolute atomic E-state index is 0.545. The first kappa shape index (κ1) is 9.37. The molecule has 0 aromatic rings. The number of aliphatic hydroxyl groups excluding tert-OH is 1. The highest BCUT2D eigenvalue weighted by atomic mass is 79.9. The molecule has 9 heavy (non-hydrogen) atoms. The van der Waals surface area contributed by atoms with Crippen LogP contribution in [0, 0.1) is 0 Å². The van der Waals surface area contributed by atoms with Crippen molar-refractivity contribution in [2.24, 2.45) is 0 Å². The molecule has 0 aliphatic heterocycles. The molecule has 1 N–H and O–H groups in total. The van der Waals surface area contributed by atoms with Gasteiger partial charge >= 0.3 is 0 Å². The molecule has 1 nitrogen and oxygen atoms in total. The maximum Gasteiger partial charge on any atom is 0.180 e. The number of aliphatic hydroxyl groups is 1. The normalized spacial score (nSPS) is 17.3. The smallest absolute Gasteiger partial charge is 0.180 e. The van der Waals surface area contributed by atoms with Gasteiger partial charge in [-0.05, 0) is 22.4 Å². The Morgan fingerprint density at radius 1 is 1.67 bits per heavy atom. The second-order valence-electron chi connectivity index (χ2n) is 2.04. The molecule has 0 radical (unpaired) electrons. The zero-order valence-electron chi connectivity index (χ0n) is 5.48. The largest absolute Gasteiger partial charge is 0.389 e. The van der Waals surface area contributed by atoms with Crippen molar-refractivity contribution in [3.63, 3.8) is 0 Å². The van der Waals surface area contributed by atoms with Gasteiger partial charge in [0.15, 0.2) is 5.08 Å². The van der Waals surface area contributed by atoms with Gasteiger partial charge < -0.3 is 5.11 Å². The second kappa shape index (κ2) is 5.18. The van der Waals surface area contributed by atoms with E-state index in [0.29, 0.717) is 6.42 Å². The lowest BCUT2D eigenvalue weighted by molar-refractivity contribution is 0.115. The number of hydrogen-bond acceptors (Lipinski definition) is 1. The molecule has 0 rings (SSSR count). The average molecular weight is 199 g/mol. The molecular weight excluding hydrogens is 187 g/mol. The molecule has 0 spiro atoms. The van der Waals surface area contributed by atoms with Crippen LogP contribution in [-0.4, -0.2) is 16.3 Å². The quantitative estimate of drug-likeness (QED) is 0.688. The SMILES string of the molecule is CCCCC(O)C(F)Br. The molecule has 0 fully saturated rings. The van der Waals surface area contributed by atoms with Crippen molar-refractivity contribution in [3.8, 4) is 0 Å². The summed E-state index contributed by atoms with van der Waals surface area (Å²) >= 11 is 2.65. The van der Waals surface area contributed by atoms with E-state index in [9.17, 15) is 4.39 Å². The van der Waals surface area contributed by atoms with Gasteiger partial charge in [0.25, 0.3) is 0 Å². The topological polar surface area (TPSA) is 20.2 Å². The zero-order valence-corrected chi connectivity index (χ0v) is 7.07. The van der Waals surface area contributed by atoms with Gasteiger partial charge in [-0.2, -0.15) is 0 Å². The maximum absolute atomic E-state index is 12.1. The number of rotatable bonds is 4. The van der Waals surface area contributed by atoms with Crippen LogP contribution in [0.15, 0.2) is 0 Å². The first-order valence-corrected chi connectivity index (χ1v) is 4.06. The first-order chi connectivity index (χ1) is 4.18. The van der Waals surface area contributed by atoms with Crippen molar-refractivity contribution in [2.45, 2.75) is 37.4 Å². The molecule has 0 aromatic carbocycles. The van der Waals surface area contributed by atoms with E-state index in [0.717, 1.165) is 12.8 Å². The van der Waals surface area contributed by atoms with Crippen LogP contribution in [0.5, 0.6) is 0 Å². The Kier molecular flexibility index (Phi) is 5.39. The Hall–Kier alpha value is 0.370. The van der Waals surface area contributed by atoms with E-state index in [2.05, 4.69) is 15.9 Å². The summed E-state index contributed by atoms with van der Waals surface area (Å²) in [5, 5.41) is 7.58. The van der Waals surface area contributed by atoms with Gasteiger partial charge in [-0.1, -0.05) is 19.8 Å². The number of unbranched alkanes of at least 4 members (excludes halogenated alkanes) is 1. The molecule has 0 saturated heterocycles. The summed E-state index contributed by atoms with van der Waals surface area (Å²) in [6.45, 7) is 2.01. The molecule has 0 aromatic heterocycles. The third kappa shape index (κ3) is 4.85. The van der Waals surface area contributed by atoms with Crippen molar-refractivity contribution in [1.29, 1.82) is 0 Å². The van der Waals surface area contributed by atoms with Gasteiger partial charge in [-0.15, -0.1) is 0 Å². The van der Waals surface area contributed by atoms with E-state index >= 15 is 0 Å². The predicted molar refractivity (Wildman–Crippen MR) is 39.4 cm³/mol. The van der Waals surface area contributed by atoms with Crippen LogP contribution in [0.2, 0.25) is 0 Å². The lowest BCUT2D eigenvalue weighted by Gasteiger charge is -2.07. The van der Waals surface area contributed by atoms with Gasteiger partial charge in [0.2, 0.25) is 0 Å². The lowest BCUT2D eigenvalue weighted by Crippen LogP contribution is -2.15. The van der Waals surface area contributed by atoms with Crippen LogP contribution in [0.25, 0.3) is 0 Å². The van der Waals surface area contributed by atoms with E-state index in [4.69, 9.17) is 5.11 Å². The molecule has 2 unspecified atom stereocenters. The van der Waals surface area contributed by atoms with Crippen LogP contribution in [-0.2, 0) is 0 Å². The summed E-state index contributed by atoms with van der Waals surface area (Å²) in [5.41, 5.74) is 0. The molecule has 0 saturated carbocycles. The van der Waals surface area contributed by atoms with Gasteiger partial charge in [-0.25, -0.2) is 4.39 Å². The van der Waals surface area contributed by atoms with Crippen molar-refractivity contribution in [2.75, 3.05) is 0 Å². The summed E-state index contributed by atoms with van der Waals surface area (Å²) < 4.78 is 12.1. The van der Waals surface area contributed by atoms with E-state index in [1.54, 1.807) is 0 Å². The minimum atomic E-state index is -1.26. The Morgan fingerprint density at radius 2 is 2.22 bits per heavy atom. The fourth-order valence-corrected chi connectivity index (χ4v) is 0.804. The lowest BCUT2D eigenvalue weighted by atomic mass is 10.2. The highest BCUT2D eigenvalue weighted by Crippen LogP contribution is 2.12. The van der Waals surface area contributed by atoms with Crippen LogP contribution < -0.4 is 0 Å². The summed E-state index contributed by atoms with van der Waals surface area (Å²) in [5.74, 6) is 0. The average Bonchev–Trinajstić information content (AvgIpc) is 1.82. The number of halogens is 2. The second-order valence-corrected chi connectivity index (χ2v) is 2.92. The van der Waals surface area contributed by atoms with Gasteiger partial charge in [0, 0.05) is 0 Å². The van der Waals surface area contributed by atoms with E-state index in [-0.39, 0.29) is 0 Å². The predicted octanol–water partition coefficient (Wildman–Crippen LogP) is 2.23. The minimum Gasteiger partial charge on any atom is -0.389 e. The van der Waals surface area contributed by atoms with Crippen molar-refractivity contribution in [3.05, 3.63) is 0 Å². The first-order valence-electron chi connectivity index (χ1n) is 3.14. The van der Waals surface area contributed by atoms with Crippen molar-refractivity contribution >= 4 is 15.9 Å². The Labute approximate surface area is 63.4 Å². The van der Waals surface area contributed by atoms with Crippen LogP contribution in [0.4, 0.5) is 4.39 Å². The van der Waals surface area contributed by atoms with E-state index in [1.807, 2.05) is 6.92 Å². The molecule has 56 valence electrons. The molecule has 0 amide bonds. The molecule has 0 aliphatic carbocycles. The van der Waals surface area contributed by atoms with Crippen molar-refractivity contribution in [1.82, 2.24) is 0 Å². The molecule has 0 aliphatic rings. The molecule has 0 heterocycles. The van der Waals surface area contributed by atoms with Crippen LogP contribution in [0.3, 0.4) is 0 Å². The maximum atomic E-state index is 12.1. The highest BCUT2D eigenvalue weighted by Gasteiger charge is 2.12. The fourth-order valence-electron chi connectivity index (χ4n) is 0.539. The van der Waals surface area contributed by atoms with Gasteiger partial charge in [0.05, 0.1) is 6.10 Å². The summed E-state index contributed by atoms with van der Waals surface area (Å²) in [7, 11) is 0. The van der Waals surface area contributed by atoms with E-state index in [1.165, 1.54) is 0 Å². The molecule has 3 heteroatoms. The Bertz CT molecular complexity index is 68.1. The van der Waals surface area contributed by atoms with E-state index < -0.39 is 11.2 Å². The summed E-state index contributed by atoms with van der Waals surface area (Å²) in [6.07, 6.45) is 1.59. The standard InChI is InChI=1S/C6H12BrFO/c1-2-3-4-5(9)6(7)8/h5-6,9H,2-4H2,1H3. The Morgan fingerprint density at radius 3 is 2.56 bits per heavy atom. The fraction of sp³-hybridized carbons (Fsp3) is 1.00. The Balaban J connectivity index is 3.16. The molecular formula is C6H12BrFO. The van der Waals surface area contributed by atoms with Crippen molar-refractivity contribution < 1.29 is 9.50 Å². The number of alkyl halides is 2.